The lowest BCUT2D eigenvalue weighted by Crippen LogP contribution is -1.93. The zero-order chi connectivity index (χ0) is 14.9. The Morgan fingerprint density at radius 3 is 2.91 bits per heavy atom. The van der Waals surface area contributed by atoms with Crippen LogP contribution in [0.15, 0.2) is 65.7 Å². The van der Waals surface area contributed by atoms with Gasteiger partial charge < -0.3 is 9.15 Å². The molecule has 5 heteroatoms. The molecule has 0 aliphatic rings. The number of nitrogens with zero attached hydrogens (tertiary/aromatic N) is 3. The quantitative estimate of drug-likeness (QED) is 0.578. The van der Waals surface area contributed by atoms with Crippen LogP contribution in [0.25, 0.3) is 28.2 Å². The molecule has 0 amide bonds. The molecule has 0 aliphatic carbocycles. The Hall–Kier alpha value is -3.08. The van der Waals surface area contributed by atoms with Crippen LogP contribution in [0.2, 0.25) is 0 Å². The predicted octanol–water partition coefficient (Wildman–Crippen LogP) is 3.66. The van der Waals surface area contributed by atoms with Crippen LogP contribution in [0.1, 0.15) is 0 Å². The number of methoxy groups -OCH3 is 1. The Bertz CT molecular complexity index is 926. The number of ether oxygens (including phenoxy) is 1. The molecule has 5 nitrogen and oxygen atoms in total. The van der Waals surface area contributed by atoms with Gasteiger partial charge in [0.05, 0.1) is 37.2 Å². The normalized spacial score (nSPS) is 11.0. The molecule has 0 saturated heterocycles. The minimum absolute atomic E-state index is 0.555. The first-order valence-electron chi connectivity index (χ1n) is 6.86. The van der Waals surface area contributed by atoms with Gasteiger partial charge in [-0.15, -0.1) is 0 Å². The highest BCUT2D eigenvalue weighted by atomic mass is 16.5. The number of imidazole rings is 1. The van der Waals surface area contributed by atoms with E-state index in [9.17, 15) is 0 Å². The second-order valence-electron chi connectivity index (χ2n) is 4.87. The van der Waals surface area contributed by atoms with Crippen molar-refractivity contribution in [2.75, 3.05) is 7.11 Å². The van der Waals surface area contributed by atoms with Gasteiger partial charge in [0.1, 0.15) is 5.65 Å². The van der Waals surface area contributed by atoms with Gasteiger partial charge in [0, 0.05) is 23.4 Å². The molecule has 0 bridgehead atoms. The van der Waals surface area contributed by atoms with Gasteiger partial charge in [0.2, 0.25) is 5.88 Å². The summed E-state index contributed by atoms with van der Waals surface area (Å²) in [5.41, 5.74) is 4.59. The van der Waals surface area contributed by atoms with Crippen LogP contribution in [0.4, 0.5) is 0 Å². The molecular weight excluding hydrogens is 278 g/mol. The second-order valence-corrected chi connectivity index (χ2v) is 4.87. The Balaban J connectivity index is 1.93. The number of hydrogen-bond donors (Lipinski definition) is 0. The summed E-state index contributed by atoms with van der Waals surface area (Å²) >= 11 is 0. The van der Waals surface area contributed by atoms with Gasteiger partial charge >= 0.3 is 0 Å². The van der Waals surface area contributed by atoms with Crippen molar-refractivity contribution in [1.29, 1.82) is 0 Å². The number of rotatable bonds is 3. The third-order valence-corrected chi connectivity index (χ3v) is 3.54. The summed E-state index contributed by atoms with van der Waals surface area (Å²) in [4.78, 5) is 8.90. The van der Waals surface area contributed by atoms with E-state index in [0.717, 1.165) is 28.2 Å². The van der Waals surface area contributed by atoms with Crippen LogP contribution < -0.4 is 4.74 Å². The second kappa shape index (κ2) is 5.04. The highest BCUT2D eigenvalue weighted by Crippen LogP contribution is 2.29. The average Bonchev–Trinajstić information content (AvgIpc) is 3.24. The topological polar surface area (TPSA) is 52.6 Å². The molecule has 4 rings (SSSR count). The van der Waals surface area contributed by atoms with Crippen molar-refractivity contribution >= 4 is 5.65 Å². The molecule has 0 spiro atoms. The van der Waals surface area contributed by atoms with E-state index in [1.54, 1.807) is 19.6 Å². The van der Waals surface area contributed by atoms with E-state index < -0.39 is 0 Å². The van der Waals surface area contributed by atoms with Crippen LogP contribution in [-0.4, -0.2) is 21.5 Å². The molecule has 0 atom stereocenters. The molecule has 0 aliphatic heterocycles. The van der Waals surface area contributed by atoms with Gasteiger partial charge in [-0.05, 0) is 24.3 Å². The van der Waals surface area contributed by atoms with Gasteiger partial charge in [0.25, 0.3) is 0 Å². The van der Waals surface area contributed by atoms with E-state index in [-0.39, 0.29) is 0 Å². The van der Waals surface area contributed by atoms with Crippen molar-refractivity contribution in [2.45, 2.75) is 0 Å². The molecule has 0 unspecified atom stereocenters. The predicted molar refractivity (Wildman–Crippen MR) is 82.7 cm³/mol. The lowest BCUT2D eigenvalue weighted by Gasteiger charge is -2.07. The molecule has 4 aromatic heterocycles. The number of aromatic nitrogens is 3. The average molecular weight is 291 g/mol. The SMILES string of the molecule is COc1cc(-c2cnc3ccccn23)cc(-c2ccoc2)n1. The van der Waals surface area contributed by atoms with Crippen LogP contribution in [0.5, 0.6) is 5.88 Å². The van der Waals surface area contributed by atoms with Gasteiger partial charge in [-0.1, -0.05) is 6.07 Å². The van der Waals surface area contributed by atoms with Crippen LogP contribution in [0, 0.1) is 0 Å². The zero-order valence-corrected chi connectivity index (χ0v) is 11.9. The highest BCUT2D eigenvalue weighted by molar-refractivity contribution is 5.71. The van der Waals surface area contributed by atoms with Gasteiger partial charge in [-0.3, -0.25) is 4.40 Å². The van der Waals surface area contributed by atoms with E-state index in [2.05, 4.69) is 9.97 Å². The zero-order valence-electron chi connectivity index (χ0n) is 11.9. The number of fused-ring (bicyclic) bond motifs is 1. The van der Waals surface area contributed by atoms with E-state index in [1.165, 1.54) is 0 Å². The summed E-state index contributed by atoms with van der Waals surface area (Å²) in [6.45, 7) is 0. The lowest BCUT2D eigenvalue weighted by molar-refractivity contribution is 0.398. The van der Waals surface area contributed by atoms with Crippen molar-refractivity contribution in [3.05, 3.63) is 61.3 Å². The summed E-state index contributed by atoms with van der Waals surface area (Å²) in [7, 11) is 1.61. The van der Waals surface area contributed by atoms with Gasteiger partial charge in [-0.25, -0.2) is 9.97 Å². The summed E-state index contributed by atoms with van der Waals surface area (Å²) in [5.74, 6) is 0.555. The molecule has 0 aromatic carbocycles. The molecule has 108 valence electrons. The fourth-order valence-electron chi connectivity index (χ4n) is 2.46. The van der Waals surface area contributed by atoms with E-state index in [0.29, 0.717) is 5.88 Å². The fourth-order valence-corrected chi connectivity index (χ4v) is 2.46. The summed E-state index contributed by atoms with van der Waals surface area (Å²) in [6.07, 6.45) is 7.13. The van der Waals surface area contributed by atoms with Gasteiger partial charge in [-0.2, -0.15) is 0 Å². The van der Waals surface area contributed by atoms with Crippen molar-refractivity contribution in [2.24, 2.45) is 0 Å². The van der Waals surface area contributed by atoms with Crippen molar-refractivity contribution in [3.63, 3.8) is 0 Å². The van der Waals surface area contributed by atoms with E-state index in [1.807, 2.05) is 53.2 Å². The summed E-state index contributed by atoms with van der Waals surface area (Å²) in [5, 5.41) is 0. The number of hydrogen-bond acceptors (Lipinski definition) is 4. The van der Waals surface area contributed by atoms with Crippen LogP contribution in [-0.2, 0) is 0 Å². The van der Waals surface area contributed by atoms with Gasteiger partial charge in [0.15, 0.2) is 0 Å². The first kappa shape index (κ1) is 12.6. The molecule has 0 saturated carbocycles. The smallest absolute Gasteiger partial charge is 0.214 e. The molecular formula is C17H13N3O2. The first-order valence-corrected chi connectivity index (χ1v) is 6.86. The Labute approximate surface area is 126 Å². The number of furan rings is 1. The lowest BCUT2D eigenvalue weighted by atomic mass is 10.1. The van der Waals surface area contributed by atoms with E-state index in [4.69, 9.17) is 9.15 Å². The van der Waals surface area contributed by atoms with E-state index >= 15 is 0 Å². The minimum atomic E-state index is 0.555. The molecule has 22 heavy (non-hydrogen) atoms. The number of pyridine rings is 2. The third kappa shape index (κ3) is 2.03. The Morgan fingerprint density at radius 2 is 2.09 bits per heavy atom. The maximum Gasteiger partial charge on any atom is 0.214 e. The molecule has 0 fully saturated rings. The fraction of sp³-hybridized carbons (Fsp3) is 0.0588. The molecule has 0 radical (unpaired) electrons. The maximum absolute atomic E-state index is 5.33. The highest BCUT2D eigenvalue weighted by Gasteiger charge is 2.11. The van der Waals surface area contributed by atoms with Crippen LogP contribution >= 0.6 is 0 Å². The third-order valence-electron chi connectivity index (χ3n) is 3.54. The Morgan fingerprint density at radius 1 is 1.14 bits per heavy atom. The monoisotopic (exact) mass is 291 g/mol. The summed E-state index contributed by atoms with van der Waals surface area (Å²) < 4.78 is 12.5. The summed E-state index contributed by atoms with van der Waals surface area (Å²) in [6, 6.07) is 11.7. The first-order chi connectivity index (χ1) is 10.8. The Kier molecular flexibility index (Phi) is 2.89. The standard InChI is InChI=1S/C17H13N3O2/c1-21-17-9-13(8-14(19-17)12-5-7-22-11-12)15-10-18-16-4-2-3-6-20(15)16/h2-11H,1H3. The van der Waals surface area contributed by atoms with Crippen molar-refractivity contribution in [3.8, 4) is 28.4 Å². The maximum atomic E-state index is 5.33. The van der Waals surface area contributed by atoms with Crippen molar-refractivity contribution in [1.82, 2.24) is 14.4 Å². The molecule has 4 aromatic rings. The van der Waals surface area contributed by atoms with Crippen molar-refractivity contribution < 1.29 is 9.15 Å². The largest absolute Gasteiger partial charge is 0.481 e. The molecule has 0 N–H and O–H groups in total. The van der Waals surface area contributed by atoms with Crippen LogP contribution in [0.3, 0.4) is 0 Å². The minimum Gasteiger partial charge on any atom is -0.481 e. The molecule has 4 heterocycles.